The zero-order chi connectivity index (χ0) is 13.8. The Morgan fingerprint density at radius 3 is 2.47 bits per heavy atom. The van der Waals surface area contributed by atoms with Gasteiger partial charge in [0.05, 0.1) is 0 Å². The van der Waals surface area contributed by atoms with E-state index in [1.54, 1.807) is 0 Å². The van der Waals surface area contributed by atoms with E-state index in [4.69, 9.17) is 0 Å². The molecule has 1 aliphatic heterocycles. The van der Waals surface area contributed by atoms with Crippen molar-refractivity contribution < 1.29 is 4.79 Å². The normalized spacial score (nSPS) is 19.2. The molecule has 0 spiro atoms. The van der Waals surface area contributed by atoms with Crippen molar-refractivity contribution in [2.45, 2.75) is 19.5 Å². The molecule has 1 saturated heterocycles. The minimum Gasteiger partial charge on any atom is -0.338 e. The Labute approximate surface area is 115 Å². The Morgan fingerprint density at radius 1 is 1.32 bits per heavy atom. The zero-order valence-corrected chi connectivity index (χ0v) is 11.8. The topological polar surface area (TPSA) is 23.6 Å². The van der Waals surface area contributed by atoms with Crippen LogP contribution in [0.4, 0.5) is 0 Å². The number of amides is 1. The first-order chi connectivity index (χ1) is 9.08. The molecule has 102 valence electrons. The molecule has 0 radical (unpaired) electrons. The number of hydrogen-bond donors (Lipinski definition) is 0. The summed E-state index contributed by atoms with van der Waals surface area (Å²) in [5.74, 6) is 0.558. The molecule has 3 heteroatoms. The lowest BCUT2D eigenvalue weighted by molar-refractivity contribution is -0.128. The van der Waals surface area contributed by atoms with Crippen LogP contribution in [0.3, 0.4) is 0 Å². The Hall–Kier alpha value is -1.61. The summed E-state index contributed by atoms with van der Waals surface area (Å²) in [5.41, 5.74) is 2.49. The van der Waals surface area contributed by atoms with E-state index in [0.29, 0.717) is 18.9 Å². The molecule has 1 heterocycles. The van der Waals surface area contributed by atoms with Crippen molar-refractivity contribution >= 4 is 5.91 Å². The highest BCUT2D eigenvalue weighted by Crippen LogP contribution is 2.20. The number of hydrogen-bond acceptors (Lipinski definition) is 2. The molecule has 0 aromatic heterocycles. The van der Waals surface area contributed by atoms with E-state index in [0.717, 1.165) is 13.1 Å². The minimum atomic E-state index is 0.238. The molecule has 1 amide bonds. The highest BCUT2D eigenvalue weighted by Gasteiger charge is 2.27. The van der Waals surface area contributed by atoms with Crippen LogP contribution >= 0.6 is 0 Å². The molecule has 0 N–H and O–H groups in total. The second-order valence-corrected chi connectivity index (χ2v) is 5.53. The maximum Gasteiger partial charge on any atom is 0.223 e. The first kappa shape index (κ1) is 13.8. The van der Waals surface area contributed by atoms with Gasteiger partial charge in [0.2, 0.25) is 5.91 Å². The van der Waals surface area contributed by atoms with Crippen molar-refractivity contribution in [2.75, 3.05) is 20.6 Å². The monoisotopic (exact) mass is 258 g/mol. The average Bonchev–Trinajstić information content (AvgIpc) is 2.72. The predicted molar refractivity (Wildman–Crippen MR) is 77.6 cm³/mol. The summed E-state index contributed by atoms with van der Waals surface area (Å²) in [6, 6.07) is 8.52. The van der Waals surface area contributed by atoms with E-state index in [1.165, 1.54) is 11.1 Å². The fourth-order valence-electron chi connectivity index (χ4n) is 2.45. The second kappa shape index (κ2) is 6.02. The van der Waals surface area contributed by atoms with Gasteiger partial charge in [-0.05, 0) is 25.2 Å². The van der Waals surface area contributed by atoms with Gasteiger partial charge in [0.25, 0.3) is 0 Å². The first-order valence-electron chi connectivity index (χ1n) is 6.71. The summed E-state index contributed by atoms with van der Waals surface area (Å²) in [6.07, 6.45) is 2.50. The molecule has 0 saturated carbocycles. The van der Waals surface area contributed by atoms with Crippen molar-refractivity contribution in [1.82, 2.24) is 9.80 Å². The van der Waals surface area contributed by atoms with Gasteiger partial charge in [-0.2, -0.15) is 0 Å². The number of benzene rings is 1. The highest BCUT2D eigenvalue weighted by molar-refractivity contribution is 5.79. The summed E-state index contributed by atoms with van der Waals surface area (Å²) in [5, 5.41) is 0. The predicted octanol–water partition coefficient (Wildman–Crippen LogP) is 2.28. The van der Waals surface area contributed by atoms with Crippen LogP contribution in [0, 0.1) is 5.92 Å². The third-order valence-electron chi connectivity index (χ3n) is 3.47. The Morgan fingerprint density at radius 2 is 1.95 bits per heavy atom. The van der Waals surface area contributed by atoms with Crippen LogP contribution in [0.2, 0.25) is 0 Å². The molecule has 2 rings (SSSR count). The molecule has 1 atom stereocenters. The fraction of sp³-hybridized carbons (Fsp3) is 0.438. The summed E-state index contributed by atoms with van der Waals surface area (Å²) in [6.45, 7) is 6.24. The lowest BCUT2D eigenvalue weighted by atomic mass is 10.1. The number of nitrogens with zero attached hydrogens (tertiary/aromatic N) is 2. The van der Waals surface area contributed by atoms with Crippen molar-refractivity contribution in [3.05, 3.63) is 48.0 Å². The van der Waals surface area contributed by atoms with Gasteiger partial charge in [0, 0.05) is 32.0 Å². The van der Waals surface area contributed by atoms with Gasteiger partial charge < -0.3 is 9.80 Å². The first-order valence-corrected chi connectivity index (χ1v) is 6.71. The quantitative estimate of drug-likeness (QED) is 0.757. The fourth-order valence-corrected chi connectivity index (χ4v) is 2.45. The maximum atomic E-state index is 11.8. The number of rotatable bonds is 5. The van der Waals surface area contributed by atoms with Gasteiger partial charge in [-0.1, -0.05) is 30.3 Å². The van der Waals surface area contributed by atoms with Crippen LogP contribution in [0.25, 0.3) is 0 Å². The van der Waals surface area contributed by atoms with Crippen LogP contribution < -0.4 is 0 Å². The molecule has 0 aliphatic carbocycles. The minimum absolute atomic E-state index is 0.238. The van der Waals surface area contributed by atoms with Crippen LogP contribution in [-0.2, 0) is 17.9 Å². The van der Waals surface area contributed by atoms with Crippen molar-refractivity contribution in [3.63, 3.8) is 0 Å². The van der Waals surface area contributed by atoms with Gasteiger partial charge in [-0.3, -0.25) is 4.79 Å². The molecule has 1 aliphatic rings. The van der Waals surface area contributed by atoms with Crippen molar-refractivity contribution in [3.8, 4) is 0 Å². The Kier molecular flexibility index (Phi) is 4.38. The van der Waals surface area contributed by atoms with Crippen molar-refractivity contribution in [1.29, 1.82) is 0 Å². The van der Waals surface area contributed by atoms with Gasteiger partial charge in [-0.15, -0.1) is 6.58 Å². The molecule has 1 unspecified atom stereocenters. The van der Waals surface area contributed by atoms with Crippen LogP contribution in [0.15, 0.2) is 36.9 Å². The molecule has 1 fully saturated rings. The molecular weight excluding hydrogens is 236 g/mol. The Balaban J connectivity index is 1.96. The second-order valence-electron chi connectivity index (χ2n) is 5.53. The van der Waals surface area contributed by atoms with E-state index in [-0.39, 0.29) is 5.91 Å². The summed E-state index contributed by atoms with van der Waals surface area (Å²) in [4.78, 5) is 15.9. The largest absolute Gasteiger partial charge is 0.338 e. The third-order valence-corrected chi connectivity index (χ3v) is 3.47. The van der Waals surface area contributed by atoms with Crippen LogP contribution in [-0.4, -0.2) is 36.3 Å². The molecule has 1 aromatic rings. The maximum absolute atomic E-state index is 11.8. The van der Waals surface area contributed by atoms with Gasteiger partial charge in [0.1, 0.15) is 0 Å². The summed E-state index contributed by atoms with van der Waals surface area (Å²) < 4.78 is 0. The zero-order valence-electron chi connectivity index (χ0n) is 11.8. The average molecular weight is 258 g/mol. The van der Waals surface area contributed by atoms with Gasteiger partial charge >= 0.3 is 0 Å². The van der Waals surface area contributed by atoms with Crippen LogP contribution in [0.5, 0.6) is 0 Å². The van der Waals surface area contributed by atoms with Crippen molar-refractivity contribution in [2.24, 2.45) is 5.92 Å². The van der Waals surface area contributed by atoms with Gasteiger partial charge in [-0.25, -0.2) is 0 Å². The molecular formula is C16H22N2O. The standard InChI is InChI=1S/C16H22N2O/c1-4-13-9-16(19)18(11-13)12-15-7-5-14(6-8-15)10-17(2)3/h4-8,13H,1,9-12H2,2-3H3. The van der Waals surface area contributed by atoms with Crippen LogP contribution in [0.1, 0.15) is 17.5 Å². The highest BCUT2D eigenvalue weighted by atomic mass is 16.2. The summed E-state index contributed by atoms with van der Waals surface area (Å²) >= 11 is 0. The SMILES string of the molecule is C=CC1CC(=O)N(Cc2ccc(CN(C)C)cc2)C1. The Bertz CT molecular complexity index is 450. The van der Waals surface area contributed by atoms with E-state index in [9.17, 15) is 4.79 Å². The van der Waals surface area contributed by atoms with E-state index < -0.39 is 0 Å². The molecule has 19 heavy (non-hydrogen) atoms. The molecule has 1 aromatic carbocycles. The third kappa shape index (κ3) is 3.67. The van der Waals surface area contributed by atoms with E-state index >= 15 is 0 Å². The van der Waals surface area contributed by atoms with Gasteiger partial charge in [0.15, 0.2) is 0 Å². The van der Waals surface area contributed by atoms with E-state index in [2.05, 4.69) is 49.8 Å². The number of likely N-dealkylation sites (tertiary alicyclic amines) is 1. The van der Waals surface area contributed by atoms with E-state index in [1.807, 2.05) is 11.0 Å². The summed E-state index contributed by atoms with van der Waals surface area (Å²) in [7, 11) is 4.12. The molecule has 0 bridgehead atoms. The smallest absolute Gasteiger partial charge is 0.223 e. The lowest BCUT2D eigenvalue weighted by Crippen LogP contribution is -2.24. The lowest BCUT2D eigenvalue weighted by Gasteiger charge is -2.16. The molecule has 3 nitrogen and oxygen atoms in total. The number of carbonyl (C=O) groups excluding carboxylic acids is 1. The number of carbonyl (C=O) groups is 1.